The van der Waals surface area contributed by atoms with E-state index in [1.54, 1.807) is 6.07 Å². The van der Waals surface area contributed by atoms with Crippen molar-refractivity contribution in [1.82, 2.24) is 9.97 Å². The molecule has 1 aliphatic heterocycles. The van der Waals surface area contributed by atoms with Crippen LogP contribution in [0.5, 0.6) is 0 Å². The number of carbonyl (C=O) groups is 1. The first-order valence-electron chi connectivity index (χ1n) is 12.2. The average Bonchev–Trinajstić information content (AvgIpc) is 3.57. The van der Waals surface area contributed by atoms with Crippen molar-refractivity contribution in [2.75, 3.05) is 52.3 Å². The Bertz CT molecular complexity index is 1050. The molecule has 9 nitrogen and oxygen atoms in total. The van der Waals surface area contributed by atoms with Crippen molar-refractivity contribution in [2.45, 2.75) is 52.0 Å². The molecule has 0 unspecified atom stereocenters. The lowest BCUT2D eigenvalue weighted by Crippen LogP contribution is -2.36. The van der Waals surface area contributed by atoms with Gasteiger partial charge in [0.1, 0.15) is 5.82 Å². The molecule has 1 aromatic carbocycles. The minimum atomic E-state index is -0.591. The molecule has 2 aliphatic rings. The highest BCUT2D eigenvalue weighted by Gasteiger charge is 2.44. The molecular formula is C25H36N6O3S. The second-order valence-corrected chi connectivity index (χ2v) is 11.1. The molecule has 1 saturated carbocycles. The lowest BCUT2D eigenvalue weighted by molar-refractivity contribution is 0.102. The van der Waals surface area contributed by atoms with Crippen LogP contribution in [-0.2, 0) is 0 Å². The molecule has 0 atom stereocenters. The zero-order valence-corrected chi connectivity index (χ0v) is 21.5. The minimum Gasteiger partial charge on any atom is -0.395 e. The largest absolute Gasteiger partial charge is 0.395 e. The SMILES string of the molecule is Cc1cc(NC(=O)c2ccc(NSCCO)cc2N2CCC3(CC2)CC3)nc(NC(C)(C)CO)n1. The second kappa shape index (κ2) is 10.6. The van der Waals surface area contributed by atoms with Gasteiger partial charge in [-0.1, -0.05) is 11.9 Å². The van der Waals surface area contributed by atoms with Crippen LogP contribution in [0.3, 0.4) is 0 Å². The van der Waals surface area contributed by atoms with E-state index in [9.17, 15) is 9.90 Å². The van der Waals surface area contributed by atoms with Gasteiger partial charge >= 0.3 is 0 Å². The molecule has 4 rings (SSSR count). The molecule has 1 aliphatic carbocycles. The first-order chi connectivity index (χ1) is 16.7. The van der Waals surface area contributed by atoms with E-state index in [4.69, 9.17) is 5.11 Å². The molecule has 1 amide bonds. The molecule has 1 spiro atoms. The van der Waals surface area contributed by atoms with Gasteiger partial charge in [-0.05, 0) is 70.1 Å². The highest BCUT2D eigenvalue weighted by Crippen LogP contribution is 2.54. The zero-order valence-electron chi connectivity index (χ0n) is 20.7. The van der Waals surface area contributed by atoms with E-state index in [-0.39, 0.29) is 19.1 Å². The van der Waals surface area contributed by atoms with Crippen LogP contribution in [0.25, 0.3) is 0 Å². The molecule has 0 radical (unpaired) electrons. The van der Waals surface area contributed by atoms with Gasteiger partial charge in [-0.3, -0.25) is 4.79 Å². The summed E-state index contributed by atoms with van der Waals surface area (Å²) in [5.74, 6) is 1.11. The number of nitrogens with one attached hydrogen (secondary N) is 3. The van der Waals surface area contributed by atoms with Crippen LogP contribution in [0.1, 0.15) is 55.6 Å². The highest BCUT2D eigenvalue weighted by atomic mass is 32.2. The van der Waals surface area contributed by atoms with Crippen molar-refractivity contribution >= 4 is 41.0 Å². The summed E-state index contributed by atoms with van der Waals surface area (Å²) in [6.45, 7) is 7.43. The maximum absolute atomic E-state index is 13.4. The van der Waals surface area contributed by atoms with Crippen molar-refractivity contribution in [3.63, 3.8) is 0 Å². The number of hydrogen-bond donors (Lipinski definition) is 5. The van der Waals surface area contributed by atoms with E-state index >= 15 is 0 Å². The van der Waals surface area contributed by atoms with Crippen LogP contribution in [0.2, 0.25) is 0 Å². The number of nitrogens with zero attached hydrogens (tertiary/aromatic N) is 3. The third kappa shape index (κ3) is 6.56. The van der Waals surface area contributed by atoms with Gasteiger partial charge in [0.25, 0.3) is 5.91 Å². The summed E-state index contributed by atoms with van der Waals surface area (Å²) in [6.07, 6.45) is 4.96. The summed E-state index contributed by atoms with van der Waals surface area (Å²) in [5, 5.41) is 24.7. The number of benzene rings is 1. The predicted molar refractivity (Wildman–Crippen MR) is 142 cm³/mol. The lowest BCUT2D eigenvalue weighted by Gasteiger charge is -2.35. The molecule has 1 aromatic heterocycles. The van der Waals surface area contributed by atoms with Gasteiger partial charge in [-0.15, -0.1) is 0 Å². The maximum Gasteiger partial charge on any atom is 0.258 e. The molecule has 2 heterocycles. The number of aryl methyl sites for hydroxylation is 1. The number of hydrogen-bond acceptors (Lipinski definition) is 9. The summed E-state index contributed by atoms with van der Waals surface area (Å²) in [6, 6.07) is 7.48. The number of rotatable bonds is 10. The van der Waals surface area contributed by atoms with Gasteiger partial charge in [-0.25, -0.2) is 4.98 Å². The molecule has 10 heteroatoms. The quantitative estimate of drug-likeness (QED) is 0.246. The Kier molecular flexibility index (Phi) is 7.73. The Balaban J connectivity index is 1.56. The summed E-state index contributed by atoms with van der Waals surface area (Å²) in [4.78, 5) is 24.6. The number of piperidine rings is 1. The van der Waals surface area contributed by atoms with Gasteiger partial charge in [0.05, 0.1) is 30.0 Å². The highest BCUT2D eigenvalue weighted by molar-refractivity contribution is 8.00. The van der Waals surface area contributed by atoms with E-state index in [0.29, 0.717) is 34.2 Å². The van der Waals surface area contributed by atoms with Crippen LogP contribution in [-0.4, -0.2) is 63.7 Å². The average molecular weight is 501 g/mol. The summed E-state index contributed by atoms with van der Waals surface area (Å²) < 4.78 is 3.26. The van der Waals surface area contributed by atoms with Gasteiger partial charge in [-0.2, -0.15) is 4.98 Å². The molecule has 5 N–H and O–H groups in total. The maximum atomic E-state index is 13.4. The van der Waals surface area contributed by atoms with Crippen LogP contribution >= 0.6 is 11.9 Å². The van der Waals surface area contributed by atoms with E-state index in [1.807, 2.05) is 39.0 Å². The lowest BCUT2D eigenvalue weighted by atomic mass is 9.93. The fourth-order valence-electron chi connectivity index (χ4n) is 4.34. The zero-order chi connectivity index (χ0) is 25.1. The number of anilines is 4. The Morgan fingerprint density at radius 1 is 1.14 bits per heavy atom. The fourth-order valence-corrected chi connectivity index (χ4v) is 4.83. The van der Waals surface area contributed by atoms with E-state index < -0.39 is 5.54 Å². The van der Waals surface area contributed by atoms with Crippen LogP contribution in [0.4, 0.5) is 23.1 Å². The van der Waals surface area contributed by atoms with Crippen molar-refractivity contribution in [1.29, 1.82) is 0 Å². The van der Waals surface area contributed by atoms with Gasteiger partial charge in [0.2, 0.25) is 5.95 Å². The second-order valence-electron chi connectivity index (χ2n) is 10.2. The van der Waals surface area contributed by atoms with Crippen LogP contribution in [0.15, 0.2) is 24.3 Å². The van der Waals surface area contributed by atoms with E-state index in [2.05, 4.69) is 30.2 Å². The Morgan fingerprint density at radius 3 is 2.54 bits per heavy atom. The van der Waals surface area contributed by atoms with Crippen molar-refractivity contribution in [2.24, 2.45) is 5.41 Å². The number of aliphatic hydroxyl groups excluding tert-OH is 2. The Morgan fingerprint density at radius 2 is 1.89 bits per heavy atom. The molecule has 1 saturated heterocycles. The topological polar surface area (TPSA) is 123 Å². The molecule has 2 aromatic rings. The molecule has 2 fully saturated rings. The van der Waals surface area contributed by atoms with Crippen molar-refractivity contribution in [3.8, 4) is 0 Å². The number of aliphatic hydroxyl groups is 2. The molecule has 35 heavy (non-hydrogen) atoms. The Hall–Kier alpha value is -2.56. The number of aromatic nitrogens is 2. The number of amides is 1. The smallest absolute Gasteiger partial charge is 0.258 e. The minimum absolute atomic E-state index is 0.0799. The van der Waals surface area contributed by atoms with Gasteiger partial charge in [0.15, 0.2) is 0 Å². The normalized spacial score (nSPS) is 16.8. The van der Waals surface area contributed by atoms with Gasteiger partial charge < -0.3 is 30.5 Å². The third-order valence-electron chi connectivity index (χ3n) is 6.69. The third-order valence-corrected chi connectivity index (χ3v) is 7.46. The van der Waals surface area contributed by atoms with Crippen molar-refractivity contribution in [3.05, 3.63) is 35.5 Å². The standard InChI is InChI=1S/C25H36N6O3S/c1-17-14-21(28-23(26-17)29-24(2,3)16-33)27-22(34)19-5-4-18(30-35-13-12-32)15-20(19)31-10-8-25(6-7-25)9-11-31/h4-5,14-15,30,32-33H,6-13,16H2,1-3H3,(H2,26,27,28,29,34). The molecule has 190 valence electrons. The first-order valence-corrected chi connectivity index (χ1v) is 13.1. The van der Waals surface area contributed by atoms with Crippen LogP contribution < -0.4 is 20.3 Å². The van der Waals surface area contributed by atoms with Crippen LogP contribution in [0, 0.1) is 12.3 Å². The Labute approximate surface area is 211 Å². The molecular weight excluding hydrogens is 464 g/mol. The van der Waals surface area contributed by atoms with E-state index in [0.717, 1.165) is 37.3 Å². The molecule has 0 bridgehead atoms. The monoisotopic (exact) mass is 500 g/mol. The van der Waals surface area contributed by atoms with Crippen molar-refractivity contribution < 1.29 is 15.0 Å². The van der Waals surface area contributed by atoms with E-state index in [1.165, 1.54) is 24.8 Å². The number of carbonyl (C=O) groups excluding carboxylic acids is 1. The summed E-state index contributed by atoms with van der Waals surface area (Å²) in [5.41, 5.74) is 3.05. The fraction of sp³-hybridized carbons (Fsp3) is 0.560. The summed E-state index contributed by atoms with van der Waals surface area (Å²) >= 11 is 1.44. The summed E-state index contributed by atoms with van der Waals surface area (Å²) in [7, 11) is 0. The van der Waals surface area contributed by atoms with Gasteiger partial charge in [0, 0.05) is 36.3 Å². The first kappa shape index (κ1) is 25.5. The predicted octanol–water partition coefficient (Wildman–Crippen LogP) is 3.65.